The number of phosphoric acid groups is 1. The smallest absolute Gasteiger partial charge is 0.391 e. The normalized spacial score (nSPS) is 14.3. The molecule has 9 heteroatoms. The molecular weight excluding hydrogens is 744 g/mol. The summed E-state index contributed by atoms with van der Waals surface area (Å²) in [4.78, 5) is 23.2. The number of aliphatic hydroxyl groups is 1. The maximum absolute atomic E-state index is 12.9. The zero-order valence-electron chi connectivity index (χ0n) is 39.3. The first-order valence-electron chi connectivity index (χ1n) is 25.1. The van der Waals surface area contributed by atoms with Crippen molar-refractivity contribution >= 4 is 13.7 Å². The summed E-state index contributed by atoms with van der Waals surface area (Å²) < 4.78 is 23.7. The molecule has 0 bridgehead atoms. The number of amides is 1. The Hall–Kier alpha value is -0.760. The second-order valence-corrected chi connectivity index (χ2v) is 20.0. The van der Waals surface area contributed by atoms with Crippen molar-refractivity contribution in [2.24, 2.45) is 0 Å². The molecule has 3 N–H and O–H groups in total. The van der Waals surface area contributed by atoms with Crippen molar-refractivity contribution in [3.8, 4) is 0 Å². The number of nitrogens with zero attached hydrogens (tertiary/aromatic N) is 1. The Morgan fingerprint density at radius 1 is 0.569 bits per heavy atom. The fraction of sp³-hybridized carbons (Fsp3) is 0.939. The minimum Gasteiger partial charge on any atom is -0.391 e. The molecule has 0 aliphatic carbocycles. The number of hydrogen-bond donors (Lipinski definition) is 3. The Labute approximate surface area is 361 Å². The molecule has 0 aliphatic heterocycles. The van der Waals surface area contributed by atoms with Crippen LogP contribution in [0.5, 0.6) is 0 Å². The maximum atomic E-state index is 12.9. The third kappa shape index (κ3) is 43.3. The van der Waals surface area contributed by atoms with E-state index in [0.29, 0.717) is 23.9 Å². The van der Waals surface area contributed by atoms with Crippen LogP contribution in [-0.2, 0) is 18.4 Å². The van der Waals surface area contributed by atoms with Crippen LogP contribution < -0.4 is 5.32 Å². The molecule has 0 aromatic rings. The number of carbonyl (C=O) groups is 1. The third-order valence-electron chi connectivity index (χ3n) is 11.5. The highest BCUT2D eigenvalue weighted by molar-refractivity contribution is 7.47. The molecule has 0 saturated carbocycles. The predicted molar refractivity (Wildman–Crippen MR) is 249 cm³/mol. The van der Waals surface area contributed by atoms with Gasteiger partial charge in [0.2, 0.25) is 5.91 Å². The highest BCUT2D eigenvalue weighted by Crippen LogP contribution is 2.43. The number of rotatable bonds is 46. The first-order chi connectivity index (χ1) is 28.0. The van der Waals surface area contributed by atoms with Gasteiger partial charge in [-0.05, 0) is 38.5 Å². The van der Waals surface area contributed by atoms with Gasteiger partial charge < -0.3 is 19.8 Å². The molecular formula is C49H100N2O6P+. The minimum absolute atomic E-state index is 0.0771. The molecule has 0 radical (unpaired) electrons. The summed E-state index contributed by atoms with van der Waals surface area (Å²) in [5.41, 5.74) is 0. The van der Waals surface area contributed by atoms with Crippen molar-refractivity contribution < 1.29 is 32.9 Å². The summed E-state index contributed by atoms with van der Waals surface area (Å²) in [6.45, 7) is 4.90. The van der Waals surface area contributed by atoms with E-state index in [1.54, 1.807) is 0 Å². The second-order valence-electron chi connectivity index (χ2n) is 18.5. The van der Waals surface area contributed by atoms with E-state index in [1.165, 1.54) is 180 Å². The first-order valence-corrected chi connectivity index (χ1v) is 26.5. The monoisotopic (exact) mass is 844 g/mol. The number of allylic oxidation sites excluding steroid dienone is 2. The first kappa shape index (κ1) is 57.2. The molecule has 1 amide bonds. The lowest BCUT2D eigenvalue weighted by Gasteiger charge is -2.26. The van der Waals surface area contributed by atoms with Gasteiger partial charge in [-0.15, -0.1) is 0 Å². The van der Waals surface area contributed by atoms with Crippen molar-refractivity contribution in [2.75, 3.05) is 40.9 Å². The molecule has 0 spiro atoms. The zero-order chi connectivity index (χ0) is 42.8. The lowest BCUT2D eigenvalue weighted by molar-refractivity contribution is -0.870. The summed E-state index contributed by atoms with van der Waals surface area (Å²) >= 11 is 0. The van der Waals surface area contributed by atoms with Gasteiger partial charge >= 0.3 is 7.82 Å². The number of carbonyl (C=O) groups excluding carboxylic acids is 1. The van der Waals surface area contributed by atoms with Gasteiger partial charge in [0.05, 0.1) is 39.9 Å². The quantitative estimate of drug-likeness (QED) is 0.0244. The van der Waals surface area contributed by atoms with Gasteiger partial charge in [-0.2, -0.15) is 0 Å². The van der Waals surface area contributed by atoms with Crippen LogP contribution >= 0.6 is 7.82 Å². The predicted octanol–water partition coefficient (Wildman–Crippen LogP) is 14.3. The molecule has 0 aromatic heterocycles. The van der Waals surface area contributed by atoms with Crippen LogP contribution in [0.3, 0.4) is 0 Å². The molecule has 3 atom stereocenters. The lowest BCUT2D eigenvalue weighted by atomic mass is 10.0. The highest BCUT2D eigenvalue weighted by Gasteiger charge is 2.28. The summed E-state index contributed by atoms with van der Waals surface area (Å²) in [6.07, 6.45) is 48.1. The molecule has 1 unspecified atom stereocenters. The maximum Gasteiger partial charge on any atom is 0.472 e. The van der Waals surface area contributed by atoms with Crippen molar-refractivity contribution in [3.63, 3.8) is 0 Å². The molecule has 0 saturated heterocycles. The zero-order valence-corrected chi connectivity index (χ0v) is 40.2. The topological polar surface area (TPSA) is 105 Å². The molecule has 0 aliphatic rings. The van der Waals surface area contributed by atoms with E-state index in [1.807, 2.05) is 21.1 Å². The summed E-state index contributed by atoms with van der Waals surface area (Å²) in [7, 11) is 1.63. The van der Waals surface area contributed by atoms with E-state index in [9.17, 15) is 19.4 Å². The Morgan fingerprint density at radius 2 is 0.931 bits per heavy atom. The number of aliphatic hydroxyl groups excluding tert-OH is 1. The highest BCUT2D eigenvalue weighted by atomic mass is 31.2. The van der Waals surface area contributed by atoms with Crippen LogP contribution in [0.15, 0.2) is 12.2 Å². The third-order valence-corrected chi connectivity index (χ3v) is 12.5. The van der Waals surface area contributed by atoms with Crippen LogP contribution in [0.4, 0.5) is 0 Å². The summed E-state index contributed by atoms with van der Waals surface area (Å²) in [5.74, 6) is -0.142. The number of likely N-dealkylation sites (N-methyl/N-ethyl adjacent to an activating group) is 1. The van der Waals surface area contributed by atoms with E-state index in [-0.39, 0.29) is 19.1 Å². The number of nitrogens with one attached hydrogen (secondary N) is 1. The van der Waals surface area contributed by atoms with Crippen molar-refractivity contribution in [1.29, 1.82) is 0 Å². The van der Waals surface area contributed by atoms with Crippen LogP contribution in [0.1, 0.15) is 245 Å². The Kier molecular flexibility index (Phi) is 41.0. The number of hydrogen-bond acceptors (Lipinski definition) is 5. The van der Waals surface area contributed by atoms with Gasteiger partial charge in [0.15, 0.2) is 0 Å². The lowest BCUT2D eigenvalue weighted by Crippen LogP contribution is -2.46. The second kappa shape index (κ2) is 41.6. The molecule has 0 rings (SSSR count). The fourth-order valence-corrected chi connectivity index (χ4v) is 8.25. The Morgan fingerprint density at radius 3 is 1.33 bits per heavy atom. The molecule has 0 fully saturated rings. The van der Waals surface area contributed by atoms with Crippen molar-refractivity contribution in [1.82, 2.24) is 5.32 Å². The average Bonchev–Trinajstić information content (AvgIpc) is 3.17. The van der Waals surface area contributed by atoms with Crippen LogP contribution in [0.2, 0.25) is 0 Å². The number of phosphoric ester groups is 1. The van der Waals surface area contributed by atoms with E-state index in [2.05, 4.69) is 31.3 Å². The summed E-state index contributed by atoms with van der Waals surface area (Å²) in [6, 6.07) is -0.756. The van der Waals surface area contributed by atoms with E-state index < -0.39 is 20.0 Å². The molecule has 346 valence electrons. The van der Waals surface area contributed by atoms with Gasteiger partial charge in [-0.3, -0.25) is 13.8 Å². The average molecular weight is 844 g/mol. The van der Waals surface area contributed by atoms with Gasteiger partial charge in [0.25, 0.3) is 0 Å². The van der Waals surface area contributed by atoms with Gasteiger partial charge in [0, 0.05) is 6.42 Å². The summed E-state index contributed by atoms with van der Waals surface area (Å²) in [5, 5.41) is 14.0. The number of unbranched alkanes of at least 4 members (excludes halogenated alkanes) is 31. The largest absolute Gasteiger partial charge is 0.472 e. The van der Waals surface area contributed by atoms with Gasteiger partial charge in [-0.1, -0.05) is 212 Å². The van der Waals surface area contributed by atoms with E-state index in [4.69, 9.17) is 9.05 Å². The van der Waals surface area contributed by atoms with Crippen LogP contribution in [-0.4, -0.2) is 73.4 Å². The minimum atomic E-state index is -4.31. The Bertz CT molecular complexity index is 958. The SMILES string of the molecule is CCCCCCCC/C=C/CCCCCCCCCCCCCCCC(=O)N[C@@H](COP(=O)(O)OCC[N+](C)(C)C)[C@H](O)CCCCCCCCCCCCCCC. The van der Waals surface area contributed by atoms with E-state index >= 15 is 0 Å². The van der Waals surface area contributed by atoms with Crippen molar-refractivity contribution in [3.05, 3.63) is 12.2 Å². The van der Waals surface area contributed by atoms with Crippen LogP contribution in [0, 0.1) is 0 Å². The number of quaternary nitrogens is 1. The standard InChI is InChI=1S/C49H99N2O6P/c1-6-8-10-12-14-16-18-20-21-22-23-24-25-26-27-28-29-31-33-35-37-39-41-43-49(53)50-47(46-57-58(54,55)56-45-44-51(3,4)5)48(52)42-40-38-36-34-32-30-19-17-15-13-11-9-7-2/h20-21,47-48,52H,6-19,22-46H2,1-5H3,(H-,50,53,54,55)/p+1/b21-20+/t47-,48+/m0/s1. The Balaban J connectivity index is 4.18. The van der Waals surface area contributed by atoms with Gasteiger partial charge in [-0.25, -0.2) is 4.57 Å². The van der Waals surface area contributed by atoms with Crippen molar-refractivity contribution in [2.45, 2.75) is 257 Å². The molecule has 0 heterocycles. The van der Waals surface area contributed by atoms with Crippen LogP contribution in [0.25, 0.3) is 0 Å². The van der Waals surface area contributed by atoms with Gasteiger partial charge in [0.1, 0.15) is 13.2 Å². The molecule has 58 heavy (non-hydrogen) atoms. The fourth-order valence-electron chi connectivity index (χ4n) is 7.51. The molecule has 0 aromatic carbocycles. The molecule has 8 nitrogen and oxygen atoms in total. The van der Waals surface area contributed by atoms with E-state index in [0.717, 1.165) is 38.5 Å².